The fraction of sp³-hybridized carbons (Fsp3) is 0.857. The number of allylic oxidation sites excluding steroid dienone is 1. The van der Waals surface area contributed by atoms with E-state index in [0.29, 0.717) is 5.92 Å². The molecule has 0 amide bonds. The molecule has 4 aliphatic carbocycles. The molecule has 4 rings (SSSR count). The minimum Gasteiger partial charge on any atom is -0.393 e. The summed E-state index contributed by atoms with van der Waals surface area (Å²) in [5.74, 6) is 1.04. The summed E-state index contributed by atoms with van der Waals surface area (Å²) < 4.78 is 0. The van der Waals surface area contributed by atoms with Crippen molar-refractivity contribution < 1.29 is 15.0 Å². The predicted octanol–water partition coefficient (Wildman–Crippen LogP) is 3.63. The molecule has 3 saturated carbocycles. The van der Waals surface area contributed by atoms with Crippen LogP contribution in [0.25, 0.3) is 0 Å². The van der Waals surface area contributed by atoms with Crippen molar-refractivity contribution in [3.05, 3.63) is 11.6 Å². The Balaban J connectivity index is 1.72. The van der Waals surface area contributed by atoms with Gasteiger partial charge >= 0.3 is 0 Å². The van der Waals surface area contributed by atoms with E-state index in [1.807, 2.05) is 0 Å². The summed E-state index contributed by atoms with van der Waals surface area (Å²) in [6, 6.07) is 0. The maximum atomic E-state index is 12.2. The van der Waals surface area contributed by atoms with Crippen LogP contribution < -0.4 is 0 Å². The van der Waals surface area contributed by atoms with Gasteiger partial charge in [0, 0.05) is 11.3 Å². The molecular weight excluding hydrogens is 300 g/mol. The first-order valence-electron chi connectivity index (χ1n) is 9.83. The van der Waals surface area contributed by atoms with E-state index >= 15 is 0 Å². The van der Waals surface area contributed by atoms with Crippen molar-refractivity contribution in [1.29, 1.82) is 0 Å². The van der Waals surface area contributed by atoms with Crippen molar-refractivity contribution in [2.45, 2.75) is 83.8 Å². The molecule has 7 atom stereocenters. The lowest BCUT2D eigenvalue weighted by atomic mass is 9.45. The van der Waals surface area contributed by atoms with Gasteiger partial charge in [-0.3, -0.25) is 4.79 Å². The maximum Gasteiger partial charge on any atom is 0.133 e. The second-order valence-electron chi connectivity index (χ2n) is 9.57. The number of aliphatic hydroxyl groups is 2. The normalized spacial score (nSPS) is 53.6. The minimum atomic E-state index is -0.701. The van der Waals surface area contributed by atoms with Gasteiger partial charge in [0.2, 0.25) is 0 Å². The van der Waals surface area contributed by atoms with Gasteiger partial charge in [0.25, 0.3) is 0 Å². The van der Waals surface area contributed by atoms with E-state index in [0.717, 1.165) is 51.4 Å². The van der Waals surface area contributed by atoms with Crippen LogP contribution in [0.1, 0.15) is 72.1 Å². The zero-order valence-corrected chi connectivity index (χ0v) is 15.3. The summed E-state index contributed by atoms with van der Waals surface area (Å²) >= 11 is 0. The van der Waals surface area contributed by atoms with Crippen LogP contribution in [0.2, 0.25) is 0 Å². The number of carbonyl (C=O) groups excluding carboxylic acids is 1. The van der Waals surface area contributed by atoms with E-state index in [-0.39, 0.29) is 34.6 Å². The maximum absolute atomic E-state index is 12.2. The first-order valence-corrected chi connectivity index (χ1v) is 9.83. The summed E-state index contributed by atoms with van der Waals surface area (Å²) in [5.41, 5.74) is 0.604. The largest absolute Gasteiger partial charge is 0.393 e. The van der Waals surface area contributed by atoms with Gasteiger partial charge in [0.1, 0.15) is 5.78 Å². The first-order chi connectivity index (χ1) is 11.2. The van der Waals surface area contributed by atoms with Crippen molar-refractivity contribution in [3.8, 4) is 0 Å². The molecule has 0 saturated heterocycles. The summed E-state index contributed by atoms with van der Waals surface area (Å²) in [6.07, 6.45) is 9.46. The standard InChI is InChI=1S/C21H32O3/c1-13(22)16-8-11-21(24)18-5-4-14-12-15(23)6-9-19(14,2)17(18)7-10-20(16,21)3/h4,15-18,23-24H,5-12H2,1-3H3/t15-,16+,17-,18+,19-,20+,21-/m0/s1. The first kappa shape index (κ1) is 16.8. The highest BCUT2D eigenvalue weighted by molar-refractivity contribution is 5.80. The van der Waals surface area contributed by atoms with Gasteiger partial charge in [0.15, 0.2) is 0 Å². The molecule has 4 aliphatic rings. The van der Waals surface area contributed by atoms with Crippen LogP contribution in [0.15, 0.2) is 11.6 Å². The van der Waals surface area contributed by atoms with Crippen molar-refractivity contribution in [2.75, 3.05) is 0 Å². The highest BCUT2D eigenvalue weighted by Crippen LogP contribution is 2.67. The molecule has 0 aromatic rings. The molecule has 3 nitrogen and oxygen atoms in total. The number of fused-ring (bicyclic) bond motifs is 5. The minimum absolute atomic E-state index is 0.0230. The Morgan fingerprint density at radius 3 is 2.58 bits per heavy atom. The Kier molecular flexibility index (Phi) is 3.61. The third-order valence-corrected chi connectivity index (χ3v) is 8.76. The molecule has 3 fully saturated rings. The Morgan fingerprint density at radius 1 is 1.12 bits per heavy atom. The molecule has 2 N–H and O–H groups in total. The fourth-order valence-corrected chi connectivity index (χ4v) is 7.26. The zero-order valence-electron chi connectivity index (χ0n) is 15.3. The number of aliphatic hydroxyl groups excluding tert-OH is 1. The molecule has 0 spiro atoms. The highest BCUT2D eigenvalue weighted by atomic mass is 16.3. The number of hydrogen-bond acceptors (Lipinski definition) is 3. The molecule has 0 aromatic carbocycles. The van der Waals surface area contributed by atoms with E-state index in [4.69, 9.17) is 0 Å². The van der Waals surface area contributed by atoms with Crippen LogP contribution >= 0.6 is 0 Å². The average Bonchev–Trinajstić information content (AvgIpc) is 2.80. The van der Waals surface area contributed by atoms with Gasteiger partial charge in [-0.2, -0.15) is 0 Å². The SMILES string of the molecule is CC(=O)[C@H]1CC[C@]2(O)[C@@H]3CC=C4C[C@@H](O)CC[C@]4(C)[C@H]3CC[C@]12C. The number of hydrogen-bond donors (Lipinski definition) is 2. The van der Waals surface area contributed by atoms with Gasteiger partial charge in [0.05, 0.1) is 11.7 Å². The smallest absolute Gasteiger partial charge is 0.133 e. The molecule has 3 heteroatoms. The monoisotopic (exact) mass is 332 g/mol. The van der Waals surface area contributed by atoms with E-state index in [1.165, 1.54) is 5.57 Å². The number of Topliss-reactive ketones (excluding diaryl/α,β-unsaturated/α-hetero) is 1. The topological polar surface area (TPSA) is 57.5 Å². The molecule has 0 radical (unpaired) electrons. The molecule has 0 unspecified atom stereocenters. The highest BCUT2D eigenvalue weighted by Gasteiger charge is 2.66. The second-order valence-corrected chi connectivity index (χ2v) is 9.57. The Hall–Kier alpha value is -0.670. The molecule has 134 valence electrons. The van der Waals surface area contributed by atoms with E-state index in [2.05, 4.69) is 19.9 Å². The summed E-state index contributed by atoms with van der Waals surface area (Å²) in [6.45, 7) is 6.25. The summed E-state index contributed by atoms with van der Waals surface area (Å²) in [5, 5.41) is 21.9. The Labute approximate surface area is 145 Å². The third kappa shape index (κ3) is 1.94. The molecule has 24 heavy (non-hydrogen) atoms. The lowest BCUT2D eigenvalue weighted by Gasteiger charge is -2.61. The Bertz CT molecular complexity index is 596. The molecule has 0 aromatic heterocycles. The van der Waals surface area contributed by atoms with Crippen molar-refractivity contribution in [1.82, 2.24) is 0 Å². The van der Waals surface area contributed by atoms with Gasteiger partial charge in [-0.15, -0.1) is 0 Å². The van der Waals surface area contributed by atoms with Crippen LogP contribution in [0.5, 0.6) is 0 Å². The predicted molar refractivity (Wildman–Crippen MR) is 93.3 cm³/mol. The summed E-state index contributed by atoms with van der Waals surface area (Å²) in [4.78, 5) is 12.2. The van der Waals surface area contributed by atoms with Gasteiger partial charge in [-0.25, -0.2) is 0 Å². The zero-order chi connectivity index (χ0) is 17.3. The Morgan fingerprint density at radius 2 is 1.88 bits per heavy atom. The quantitative estimate of drug-likeness (QED) is 0.721. The number of rotatable bonds is 1. The van der Waals surface area contributed by atoms with Crippen LogP contribution in [-0.4, -0.2) is 27.7 Å². The number of carbonyl (C=O) groups is 1. The van der Waals surface area contributed by atoms with E-state index in [9.17, 15) is 15.0 Å². The van der Waals surface area contributed by atoms with Gasteiger partial charge in [-0.1, -0.05) is 25.5 Å². The van der Waals surface area contributed by atoms with Gasteiger partial charge < -0.3 is 10.2 Å². The van der Waals surface area contributed by atoms with E-state index < -0.39 is 5.60 Å². The molecular formula is C21H32O3. The molecule has 0 heterocycles. The lowest BCUT2D eigenvalue weighted by Crippen LogP contribution is -2.60. The van der Waals surface area contributed by atoms with Crippen LogP contribution in [0.4, 0.5) is 0 Å². The van der Waals surface area contributed by atoms with E-state index in [1.54, 1.807) is 6.92 Å². The van der Waals surface area contributed by atoms with Crippen molar-refractivity contribution in [3.63, 3.8) is 0 Å². The van der Waals surface area contributed by atoms with Crippen LogP contribution in [-0.2, 0) is 4.79 Å². The van der Waals surface area contributed by atoms with Crippen LogP contribution in [0, 0.1) is 28.6 Å². The number of ketones is 1. The fourth-order valence-electron chi connectivity index (χ4n) is 7.26. The third-order valence-electron chi connectivity index (χ3n) is 8.76. The lowest BCUT2D eigenvalue weighted by molar-refractivity contribution is -0.181. The molecule has 0 bridgehead atoms. The summed E-state index contributed by atoms with van der Waals surface area (Å²) in [7, 11) is 0. The van der Waals surface area contributed by atoms with Gasteiger partial charge in [-0.05, 0) is 75.5 Å². The molecule has 0 aliphatic heterocycles. The van der Waals surface area contributed by atoms with Crippen molar-refractivity contribution in [2.24, 2.45) is 28.6 Å². The van der Waals surface area contributed by atoms with Crippen LogP contribution in [0.3, 0.4) is 0 Å². The second kappa shape index (κ2) is 5.17. The average molecular weight is 332 g/mol. The van der Waals surface area contributed by atoms with Crippen molar-refractivity contribution >= 4 is 5.78 Å².